The fraction of sp³-hybridized carbons (Fsp3) is 0.211. The van der Waals surface area contributed by atoms with Crippen molar-refractivity contribution in [2.45, 2.75) is 20.4 Å². The Morgan fingerprint density at radius 2 is 2.00 bits per heavy atom. The van der Waals surface area contributed by atoms with Crippen LogP contribution in [0.2, 0.25) is 0 Å². The van der Waals surface area contributed by atoms with Crippen molar-refractivity contribution in [3.8, 4) is 0 Å². The molecule has 0 atom stereocenters. The summed E-state index contributed by atoms with van der Waals surface area (Å²) in [7, 11) is 0. The van der Waals surface area contributed by atoms with Gasteiger partial charge in [-0.25, -0.2) is 9.78 Å². The molecule has 0 bridgehead atoms. The van der Waals surface area contributed by atoms with E-state index in [1.54, 1.807) is 17.6 Å². The maximum atomic E-state index is 12.2. The Morgan fingerprint density at radius 3 is 2.69 bits per heavy atom. The second-order valence-electron chi connectivity index (χ2n) is 6.01. The number of aryl methyl sites for hydroxylation is 2. The smallest absolute Gasteiger partial charge is 0.338 e. The first-order chi connectivity index (χ1) is 13.9. The molecule has 1 aromatic carbocycles. The van der Waals surface area contributed by atoms with Gasteiger partial charge in [0.15, 0.2) is 12.4 Å². The maximum Gasteiger partial charge on any atom is 0.338 e. The number of ether oxygens (including phenoxy) is 1. The predicted molar refractivity (Wildman–Crippen MR) is 101 cm³/mol. The number of esters is 1. The normalized spacial score (nSPS) is 10.6. The molecule has 10 nitrogen and oxygen atoms in total. The Labute approximate surface area is 164 Å². The summed E-state index contributed by atoms with van der Waals surface area (Å²) in [5, 5.41) is 0. The minimum absolute atomic E-state index is 0.0202. The number of hydrogen-bond acceptors (Lipinski definition) is 7. The second-order valence-corrected chi connectivity index (χ2v) is 6.01. The van der Waals surface area contributed by atoms with E-state index < -0.39 is 24.4 Å². The molecule has 0 aliphatic carbocycles. The van der Waals surface area contributed by atoms with E-state index in [0.717, 1.165) is 0 Å². The first-order valence-corrected chi connectivity index (χ1v) is 8.71. The Bertz CT molecular complexity index is 1130. The van der Waals surface area contributed by atoms with Gasteiger partial charge in [-0.05, 0) is 44.2 Å². The molecule has 2 amide bonds. The highest BCUT2D eigenvalue weighted by Crippen LogP contribution is 2.14. The van der Waals surface area contributed by atoms with Crippen LogP contribution in [0.1, 0.15) is 33.5 Å². The van der Waals surface area contributed by atoms with Crippen LogP contribution in [0.15, 0.2) is 45.8 Å². The molecule has 2 aromatic heterocycles. The van der Waals surface area contributed by atoms with Gasteiger partial charge < -0.3 is 13.7 Å². The SMILES string of the molecule is CCn1c(=O)c(C)nc2cc(C(=O)OCC(=O)NNC(=O)c3ccco3)ccc21. The van der Waals surface area contributed by atoms with E-state index in [1.165, 1.54) is 30.5 Å². The van der Waals surface area contributed by atoms with Crippen molar-refractivity contribution in [3.63, 3.8) is 0 Å². The minimum atomic E-state index is -0.742. The standard InChI is InChI=1S/C19H18N4O6/c1-3-23-14-7-6-12(9-13(14)20-11(2)18(23)26)19(27)29-10-16(24)21-22-17(25)15-5-4-8-28-15/h4-9H,3,10H2,1-2H3,(H,21,24)(H,22,25). The lowest BCUT2D eigenvalue weighted by Crippen LogP contribution is -2.43. The number of fused-ring (bicyclic) bond motifs is 1. The molecule has 150 valence electrons. The van der Waals surface area contributed by atoms with Crippen LogP contribution in [0, 0.1) is 6.92 Å². The highest BCUT2D eigenvalue weighted by Gasteiger charge is 2.15. The Morgan fingerprint density at radius 1 is 1.21 bits per heavy atom. The molecule has 0 fully saturated rings. The molecular formula is C19H18N4O6. The van der Waals surface area contributed by atoms with E-state index in [9.17, 15) is 19.2 Å². The third-order valence-corrected chi connectivity index (χ3v) is 4.06. The number of nitrogens with one attached hydrogen (secondary N) is 2. The number of carbonyl (C=O) groups excluding carboxylic acids is 3. The molecule has 0 saturated carbocycles. The largest absolute Gasteiger partial charge is 0.459 e. The molecule has 0 aliphatic heterocycles. The number of amides is 2. The van der Waals surface area contributed by atoms with E-state index in [4.69, 9.17) is 9.15 Å². The molecule has 0 radical (unpaired) electrons. The predicted octanol–water partition coefficient (Wildman–Crippen LogP) is 0.936. The number of furan rings is 1. The summed E-state index contributed by atoms with van der Waals surface area (Å²) in [6.07, 6.45) is 1.32. The number of benzene rings is 1. The number of rotatable bonds is 5. The van der Waals surface area contributed by atoms with Gasteiger partial charge in [-0.15, -0.1) is 0 Å². The average Bonchev–Trinajstić information content (AvgIpc) is 3.26. The fourth-order valence-electron chi connectivity index (χ4n) is 2.66. The molecule has 0 aliphatic rings. The van der Waals surface area contributed by atoms with Crippen molar-refractivity contribution in [1.29, 1.82) is 0 Å². The van der Waals surface area contributed by atoms with Crippen LogP contribution in [0.4, 0.5) is 0 Å². The topological polar surface area (TPSA) is 133 Å². The number of aromatic nitrogens is 2. The lowest BCUT2D eigenvalue weighted by atomic mass is 10.2. The summed E-state index contributed by atoms with van der Waals surface area (Å²) in [4.78, 5) is 52.0. The summed E-state index contributed by atoms with van der Waals surface area (Å²) < 4.78 is 11.4. The summed E-state index contributed by atoms with van der Waals surface area (Å²) in [5.41, 5.74) is 5.61. The van der Waals surface area contributed by atoms with Crippen molar-refractivity contribution in [2.24, 2.45) is 0 Å². The van der Waals surface area contributed by atoms with Crippen LogP contribution in [-0.4, -0.2) is 33.9 Å². The molecule has 0 saturated heterocycles. The third-order valence-electron chi connectivity index (χ3n) is 4.06. The van der Waals surface area contributed by atoms with Gasteiger partial charge in [0.2, 0.25) is 0 Å². The van der Waals surface area contributed by atoms with Crippen LogP contribution >= 0.6 is 0 Å². The van der Waals surface area contributed by atoms with E-state index in [-0.39, 0.29) is 16.9 Å². The van der Waals surface area contributed by atoms with Crippen LogP contribution < -0.4 is 16.4 Å². The Kier molecular flexibility index (Phi) is 5.72. The molecule has 29 heavy (non-hydrogen) atoms. The number of hydrazine groups is 1. The zero-order valence-corrected chi connectivity index (χ0v) is 15.7. The van der Waals surface area contributed by atoms with Crippen LogP contribution in [-0.2, 0) is 16.1 Å². The first-order valence-electron chi connectivity index (χ1n) is 8.71. The van der Waals surface area contributed by atoms with Crippen LogP contribution in [0.3, 0.4) is 0 Å². The molecule has 0 spiro atoms. The molecule has 3 aromatic rings. The molecule has 0 unspecified atom stereocenters. The summed E-state index contributed by atoms with van der Waals surface area (Å²) in [6, 6.07) is 7.54. The van der Waals surface area contributed by atoms with Gasteiger partial charge in [0.1, 0.15) is 5.69 Å². The van der Waals surface area contributed by atoms with E-state index in [1.807, 2.05) is 6.92 Å². The molecular weight excluding hydrogens is 380 g/mol. The number of hydrogen-bond donors (Lipinski definition) is 2. The molecule has 10 heteroatoms. The quantitative estimate of drug-likeness (QED) is 0.483. The summed E-state index contributed by atoms with van der Waals surface area (Å²) >= 11 is 0. The van der Waals surface area contributed by atoms with Gasteiger partial charge in [-0.1, -0.05) is 0 Å². The molecule has 2 N–H and O–H groups in total. The maximum absolute atomic E-state index is 12.2. The van der Waals surface area contributed by atoms with Crippen LogP contribution in [0.5, 0.6) is 0 Å². The zero-order valence-electron chi connectivity index (χ0n) is 15.7. The molecule has 3 rings (SSSR count). The summed E-state index contributed by atoms with van der Waals surface area (Å²) in [6.45, 7) is 3.30. The lowest BCUT2D eigenvalue weighted by Gasteiger charge is -2.10. The first kappa shape index (κ1) is 19.8. The summed E-state index contributed by atoms with van der Waals surface area (Å²) in [5.74, 6) is -2.10. The van der Waals surface area contributed by atoms with Gasteiger partial charge in [-0.3, -0.25) is 25.2 Å². The average molecular weight is 398 g/mol. The van der Waals surface area contributed by atoms with Crippen LogP contribution in [0.25, 0.3) is 11.0 Å². The Balaban J connectivity index is 1.62. The lowest BCUT2D eigenvalue weighted by molar-refractivity contribution is -0.125. The van der Waals surface area contributed by atoms with Crippen molar-refractivity contribution in [1.82, 2.24) is 20.4 Å². The van der Waals surface area contributed by atoms with Crippen molar-refractivity contribution in [3.05, 3.63) is 64.0 Å². The molecule has 2 heterocycles. The third kappa shape index (κ3) is 4.32. The van der Waals surface area contributed by atoms with Gasteiger partial charge in [0.25, 0.3) is 11.5 Å². The monoisotopic (exact) mass is 398 g/mol. The van der Waals surface area contributed by atoms with Crippen molar-refractivity contribution < 1.29 is 23.5 Å². The fourth-order valence-corrected chi connectivity index (χ4v) is 2.66. The van der Waals surface area contributed by atoms with Gasteiger partial charge in [-0.2, -0.15) is 0 Å². The zero-order chi connectivity index (χ0) is 21.0. The van der Waals surface area contributed by atoms with Crippen molar-refractivity contribution in [2.75, 3.05) is 6.61 Å². The van der Waals surface area contributed by atoms with E-state index in [0.29, 0.717) is 23.3 Å². The number of nitrogens with zero attached hydrogens (tertiary/aromatic N) is 2. The van der Waals surface area contributed by atoms with Crippen molar-refractivity contribution >= 4 is 28.8 Å². The number of carbonyl (C=O) groups is 3. The second kappa shape index (κ2) is 8.38. The van der Waals surface area contributed by atoms with Gasteiger partial charge in [0.05, 0.1) is 22.9 Å². The van der Waals surface area contributed by atoms with Gasteiger partial charge in [0, 0.05) is 6.54 Å². The van der Waals surface area contributed by atoms with E-state index in [2.05, 4.69) is 15.8 Å². The highest BCUT2D eigenvalue weighted by molar-refractivity contribution is 5.95. The highest BCUT2D eigenvalue weighted by atomic mass is 16.5. The minimum Gasteiger partial charge on any atom is -0.459 e. The van der Waals surface area contributed by atoms with Gasteiger partial charge >= 0.3 is 11.9 Å². The van der Waals surface area contributed by atoms with E-state index >= 15 is 0 Å². The Hall–Kier alpha value is -3.95.